The molecule has 2 rings (SSSR count). The van der Waals surface area contributed by atoms with E-state index in [0.29, 0.717) is 0 Å². The Morgan fingerprint density at radius 2 is 2.50 bits per heavy atom. The maximum atomic E-state index is 5.53. The van der Waals surface area contributed by atoms with Gasteiger partial charge in [-0.05, 0) is 30.5 Å². The van der Waals surface area contributed by atoms with Crippen molar-refractivity contribution in [1.29, 1.82) is 0 Å². The fourth-order valence-corrected chi connectivity index (χ4v) is 1.84. The van der Waals surface area contributed by atoms with Gasteiger partial charge in [0.05, 0.1) is 12.6 Å². The minimum absolute atomic E-state index is 0.114. The molecule has 0 fully saturated rings. The Morgan fingerprint density at radius 1 is 1.56 bits per heavy atom. The fourth-order valence-electron chi connectivity index (χ4n) is 1.84. The molecule has 1 aliphatic rings. The quantitative estimate of drug-likeness (QED) is 0.576. The van der Waals surface area contributed by atoms with Gasteiger partial charge in [-0.1, -0.05) is 6.07 Å². The van der Waals surface area contributed by atoms with Crippen LogP contribution in [0.5, 0.6) is 0 Å². The van der Waals surface area contributed by atoms with Crippen molar-refractivity contribution < 1.29 is 4.74 Å². The minimum Gasteiger partial charge on any atom is -0.496 e. The molecule has 2 heterocycles. The van der Waals surface area contributed by atoms with Gasteiger partial charge in [0.25, 0.3) is 0 Å². The van der Waals surface area contributed by atoms with E-state index in [-0.39, 0.29) is 6.04 Å². The first-order valence-electron chi connectivity index (χ1n) is 5.58. The monoisotopic (exact) mass is 219 g/mol. The predicted octanol–water partition coefficient (Wildman–Crippen LogP) is 1.15. The van der Waals surface area contributed by atoms with Gasteiger partial charge >= 0.3 is 0 Å². The second kappa shape index (κ2) is 5.63. The van der Waals surface area contributed by atoms with E-state index in [1.807, 2.05) is 12.3 Å². The van der Waals surface area contributed by atoms with Crippen molar-refractivity contribution >= 4 is 0 Å². The van der Waals surface area contributed by atoms with Gasteiger partial charge in [0, 0.05) is 18.8 Å². The second-order valence-corrected chi connectivity index (χ2v) is 3.86. The molecule has 0 aliphatic carbocycles. The molecule has 86 valence electrons. The lowest BCUT2D eigenvalue weighted by Gasteiger charge is -2.16. The summed E-state index contributed by atoms with van der Waals surface area (Å²) < 4.78 is 5.50. The smallest absolute Gasteiger partial charge is 0.110 e. The summed E-state index contributed by atoms with van der Waals surface area (Å²) in [5, 5.41) is 0. The normalized spacial score (nSPS) is 16.7. The van der Waals surface area contributed by atoms with Crippen LogP contribution >= 0.6 is 0 Å². The SMILES string of the molecule is NNC(CCc1cccnc1)C1=CCCO1. The van der Waals surface area contributed by atoms with Crippen LogP contribution in [0.2, 0.25) is 0 Å². The molecule has 0 saturated heterocycles. The average molecular weight is 219 g/mol. The zero-order valence-corrected chi connectivity index (χ0v) is 9.23. The number of ether oxygens (including phenoxy) is 1. The third kappa shape index (κ3) is 2.81. The number of rotatable bonds is 5. The van der Waals surface area contributed by atoms with E-state index >= 15 is 0 Å². The van der Waals surface area contributed by atoms with Gasteiger partial charge in [-0.2, -0.15) is 0 Å². The van der Waals surface area contributed by atoms with E-state index < -0.39 is 0 Å². The molecule has 1 aromatic heterocycles. The van der Waals surface area contributed by atoms with Crippen molar-refractivity contribution in [2.45, 2.75) is 25.3 Å². The molecule has 1 atom stereocenters. The highest BCUT2D eigenvalue weighted by molar-refractivity contribution is 5.12. The summed E-state index contributed by atoms with van der Waals surface area (Å²) in [6, 6.07) is 4.14. The molecule has 16 heavy (non-hydrogen) atoms. The Labute approximate surface area is 95.5 Å². The summed E-state index contributed by atoms with van der Waals surface area (Å²) in [5.41, 5.74) is 4.02. The average Bonchev–Trinajstić information content (AvgIpc) is 2.85. The molecule has 1 aliphatic heterocycles. The second-order valence-electron chi connectivity index (χ2n) is 3.86. The summed E-state index contributed by atoms with van der Waals surface area (Å²) in [4.78, 5) is 4.09. The molecule has 0 amide bonds. The molecule has 1 unspecified atom stereocenters. The van der Waals surface area contributed by atoms with Crippen LogP contribution in [0.1, 0.15) is 18.4 Å². The molecule has 0 aromatic carbocycles. The summed E-state index contributed by atoms with van der Waals surface area (Å²) in [6.45, 7) is 0.778. The van der Waals surface area contributed by atoms with Crippen molar-refractivity contribution in [3.63, 3.8) is 0 Å². The standard InChI is InChI=1S/C12H17N3O/c13-15-11(12-4-2-8-16-12)6-5-10-3-1-7-14-9-10/h1,3-4,7,9,11,15H,2,5-6,8,13H2. The minimum atomic E-state index is 0.114. The summed E-state index contributed by atoms with van der Waals surface area (Å²) in [7, 11) is 0. The molecule has 0 radical (unpaired) electrons. The van der Waals surface area contributed by atoms with E-state index in [2.05, 4.69) is 22.6 Å². The highest BCUT2D eigenvalue weighted by Gasteiger charge is 2.17. The number of hydrazine groups is 1. The molecule has 0 saturated carbocycles. The lowest BCUT2D eigenvalue weighted by atomic mass is 10.1. The van der Waals surface area contributed by atoms with Crippen molar-refractivity contribution in [1.82, 2.24) is 10.4 Å². The number of hydrogen-bond donors (Lipinski definition) is 2. The van der Waals surface area contributed by atoms with Crippen LogP contribution in [0.25, 0.3) is 0 Å². The van der Waals surface area contributed by atoms with Gasteiger partial charge < -0.3 is 4.74 Å². The number of nitrogens with zero attached hydrogens (tertiary/aromatic N) is 1. The van der Waals surface area contributed by atoms with Crippen LogP contribution in [-0.2, 0) is 11.2 Å². The van der Waals surface area contributed by atoms with E-state index in [9.17, 15) is 0 Å². The van der Waals surface area contributed by atoms with Crippen LogP contribution in [0.3, 0.4) is 0 Å². The Kier molecular flexibility index (Phi) is 3.91. The molecule has 1 aromatic rings. The fraction of sp³-hybridized carbons (Fsp3) is 0.417. The maximum Gasteiger partial charge on any atom is 0.110 e. The third-order valence-electron chi connectivity index (χ3n) is 2.72. The third-order valence-corrected chi connectivity index (χ3v) is 2.72. The predicted molar refractivity (Wildman–Crippen MR) is 62.3 cm³/mol. The lowest BCUT2D eigenvalue weighted by Crippen LogP contribution is -2.37. The van der Waals surface area contributed by atoms with Crippen LogP contribution in [0, 0.1) is 0 Å². The molecule has 0 bridgehead atoms. The lowest BCUT2D eigenvalue weighted by molar-refractivity contribution is 0.212. The summed E-state index contributed by atoms with van der Waals surface area (Å²) in [5.74, 6) is 6.51. The molecular formula is C12H17N3O. The highest BCUT2D eigenvalue weighted by atomic mass is 16.5. The van der Waals surface area contributed by atoms with Crippen molar-refractivity contribution in [2.75, 3.05) is 6.61 Å². The van der Waals surface area contributed by atoms with E-state index in [1.165, 1.54) is 5.56 Å². The van der Waals surface area contributed by atoms with Crippen LogP contribution in [0.4, 0.5) is 0 Å². The first-order valence-corrected chi connectivity index (χ1v) is 5.58. The number of aromatic nitrogens is 1. The molecular weight excluding hydrogens is 202 g/mol. The van der Waals surface area contributed by atoms with Gasteiger partial charge in [-0.3, -0.25) is 10.8 Å². The maximum absolute atomic E-state index is 5.53. The first-order chi connectivity index (χ1) is 7.90. The number of pyridine rings is 1. The zero-order chi connectivity index (χ0) is 11.2. The van der Waals surface area contributed by atoms with Gasteiger partial charge in [0.2, 0.25) is 0 Å². The highest BCUT2D eigenvalue weighted by Crippen LogP contribution is 2.16. The summed E-state index contributed by atoms with van der Waals surface area (Å²) >= 11 is 0. The molecule has 4 heteroatoms. The van der Waals surface area contributed by atoms with E-state index in [0.717, 1.165) is 31.6 Å². The first kappa shape index (κ1) is 11.1. The van der Waals surface area contributed by atoms with E-state index in [4.69, 9.17) is 10.6 Å². The molecule has 3 N–H and O–H groups in total. The van der Waals surface area contributed by atoms with Crippen molar-refractivity contribution in [2.24, 2.45) is 5.84 Å². The van der Waals surface area contributed by atoms with Gasteiger partial charge in [0.1, 0.15) is 5.76 Å². The van der Waals surface area contributed by atoms with Gasteiger partial charge in [0.15, 0.2) is 0 Å². The van der Waals surface area contributed by atoms with Gasteiger partial charge in [-0.25, -0.2) is 5.43 Å². The Bertz CT molecular complexity index is 351. The number of nitrogens with two attached hydrogens (primary N) is 1. The van der Waals surface area contributed by atoms with Crippen LogP contribution in [-0.4, -0.2) is 17.6 Å². The Morgan fingerprint density at radius 3 is 3.12 bits per heavy atom. The van der Waals surface area contributed by atoms with Crippen LogP contribution in [0.15, 0.2) is 36.4 Å². The Balaban J connectivity index is 1.88. The van der Waals surface area contributed by atoms with Crippen molar-refractivity contribution in [3.05, 3.63) is 41.9 Å². The van der Waals surface area contributed by atoms with E-state index in [1.54, 1.807) is 6.20 Å². The molecule has 0 spiro atoms. The van der Waals surface area contributed by atoms with Crippen LogP contribution < -0.4 is 11.3 Å². The number of aryl methyl sites for hydroxylation is 1. The number of nitrogens with one attached hydrogen (secondary N) is 1. The molecule has 4 nitrogen and oxygen atoms in total. The van der Waals surface area contributed by atoms with Gasteiger partial charge in [-0.15, -0.1) is 0 Å². The largest absolute Gasteiger partial charge is 0.496 e. The summed E-state index contributed by atoms with van der Waals surface area (Å²) in [6.07, 6.45) is 8.63. The topological polar surface area (TPSA) is 60.2 Å². The zero-order valence-electron chi connectivity index (χ0n) is 9.23. The Hall–Kier alpha value is -1.39. The van der Waals surface area contributed by atoms with Crippen molar-refractivity contribution in [3.8, 4) is 0 Å². The number of hydrogen-bond acceptors (Lipinski definition) is 4.